The molecule has 1 unspecified atom stereocenters. The Morgan fingerprint density at radius 1 is 1.18 bits per heavy atom. The van der Waals surface area contributed by atoms with Crippen LogP contribution in [0, 0.1) is 34.0 Å². The number of hydrogen-bond acceptors (Lipinski definition) is 6. The number of aryl methyl sites for hydroxylation is 1. The maximum absolute atomic E-state index is 13.7. The van der Waals surface area contributed by atoms with Gasteiger partial charge in [-0.3, -0.25) is 19.4 Å². The van der Waals surface area contributed by atoms with Crippen LogP contribution in [-0.2, 0) is 21.4 Å². The average molecular weight is 534 g/mol. The van der Waals surface area contributed by atoms with Crippen LogP contribution in [0.25, 0.3) is 11.0 Å². The fourth-order valence-corrected chi connectivity index (χ4v) is 5.60. The van der Waals surface area contributed by atoms with Crippen molar-refractivity contribution in [3.05, 3.63) is 24.3 Å². The van der Waals surface area contributed by atoms with Gasteiger partial charge in [0.25, 0.3) is 0 Å². The van der Waals surface area contributed by atoms with E-state index in [0.29, 0.717) is 16.6 Å². The van der Waals surface area contributed by atoms with Crippen molar-refractivity contribution in [2.24, 2.45) is 29.7 Å². The number of rotatable bonds is 5. The Hall–Kier alpha value is -3.69. The number of carbonyl (C=O) groups is 3. The molecule has 3 amide bonds. The van der Waals surface area contributed by atoms with E-state index in [0.717, 1.165) is 0 Å². The molecule has 10 nitrogen and oxygen atoms in total. The third kappa shape index (κ3) is 4.56. The summed E-state index contributed by atoms with van der Waals surface area (Å²) < 4.78 is 40.8. The Kier molecular flexibility index (Phi) is 6.45. The lowest BCUT2D eigenvalue weighted by Crippen LogP contribution is -2.60. The van der Waals surface area contributed by atoms with Crippen LogP contribution < -0.4 is 10.6 Å². The fraction of sp³-hybridized carbons (Fsp3) is 0.600. The first kappa shape index (κ1) is 27.3. The van der Waals surface area contributed by atoms with E-state index in [2.05, 4.69) is 21.4 Å². The van der Waals surface area contributed by atoms with Crippen molar-refractivity contribution in [3.8, 4) is 6.07 Å². The molecule has 1 aliphatic heterocycles. The number of piperidine rings is 1. The molecule has 204 valence electrons. The van der Waals surface area contributed by atoms with Crippen LogP contribution in [0.5, 0.6) is 0 Å². The van der Waals surface area contributed by atoms with Gasteiger partial charge in [0.2, 0.25) is 11.8 Å². The van der Waals surface area contributed by atoms with Crippen LogP contribution in [0.4, 0.5) is 13.2 Å². The smallest absolute Gasteiger partial charge is 0.336 e. The first-order valence-electron chi connectivity index (χ1n) is 12.1. The summed E-state index contributed by atoms with van der Waals surface area (Å²) >= 11 is 0. The zero-order chi connectivity index (χ0) is 28.4. The standard InChI is InChI=1S/C25H30F3N7O3/c1-23(2,3)19(33-22(38)25(26,27)28)21(37)35-10-13-16(24(13,4)5)18(35)20(36)32-14(7-29)12-8-30-9-15-17(12)34(6)11-31-15/h8-9,11,13-14,16,18-19H,10H2,1-6H3,(H,32,36)(H,33,38)/t13-,14?,16-,18-,19+/m0/s1. The molecule has 2 aromatic heterocycles. The summed E-state index contributed by atoms with van der Waals surface area (Å²) in [6.45, 7) is 8.68. The van der Waals surface area contributed by atoms with E-state index in [1.54, 1.807) is 17.9 Å². The minimum atomic E-state index is -5.17. The molecule has 1 saturated carbocycles. The van der Waals surface area contributed by atoms with Crippen LogP contribution in [-0.4, -0.2) is 62.0 Å². The Bertz CT molecular complexity index is 1340. The lowest BCUT2D eigenvalue weighted by molar-refractivity contribution is -0.176. The number of likely N-dealkylation sites (tertiary alicyclic amines) is 1. The third-order valence-electron chi connectivity index (χ3n) is 7.78. The van der Waals surface area contributed by atoms with E-state index in [1.165, 1.54) is 38.1 Å². The highest BCUT2D eigenvalue weighted by Crippen LogP contribution is 2.65. The number of alkyl halides is 3. The first-order valence-corrected chi connectivity index (χ1v) is 12.1. The van der Waals surface area contributed by atoms with Crippen molar-refractivity contribution in [1.29, 1.82) is 5.26 Å². The van der Waals surface area contributed by atoms with Crippen LogP contribution in [0.1, 0.15) is 46.2 Å². The van der Waals surface area contributed by atoms with Crippen molar-refractivity contribution in [2.45, 2.75) is 58.9 Å². The summed E-state index contributed by atoms with van der Waals surface area (Å²) in [5, 5.41) is 14.5. The number of pyridine rings is 1. The van der Waals surface area contributed by atoms with Crippen LogP contribution in [0.15, 0.2) is 18.7 Å². The van der Waals surface area contributed by atoms with Crippen LogP contribution in [0.2, 0.25) is 0 Å². The highest BCUT2D eigenvalue weighted by atomic mass is 19.4. The van der Waals surface area contributed by atoms with E-state index >= 15 is 0 Å². The van der Waals surface area contributed by atoms with Gasteiger partial charge in [0.15, 0.2) is 0 Å². The summed E-state index contributed by atoms with van der Waals surface area (Å²) in [5.74, 6) is -3.91. The number of halogens is 3. The minimum absolute atomic E-state index is 0.0520. The second-order valence-corrected chi connectivity index (χ2v) is 11.7. The van der Waals surface area contributed by atoms with Gasteiger partial charge in [0.05, 0.1) is 24.1 Å². The van der Waals surface area contributed by atoms with Gasteiger partial charge in [-0.25, -0.2) is 4.98 Å². The SMILES string of the molecule is Cn1cnc2cncc(C(C#N)NC(=O)[C@@H]3[C@@H]4[C@H](CN3C(=O)[C@@H](NC(=O)C(F)(F)F)C(C)(C)C)C4(C)C)c21. The van der Waals surface area contributed by atoms with Crippen LogP contribution >= 0.6 is 0 Å². The molecular weight excluding hydrogens is 503 g/mol. The van der Waals surface area contributed by atoms with Crippen LogP contribution in [0.3, 0.4) is 0 Å². The monoisotopic (exact) mass is 533 g/mol. The first-order chi connectivity index (χ1) is 17.5. The van der Waals surface area contributed by atoms with E-state index in [4.69, 9.17) is 0 Å². The molecule has 1 saturated heterocycles. The summed E-state index contributed by atoms with van der Waals surface area (Å²) in [6.07, 6.45) is -0.618. The number of imidazole rings is 1. The lowest BCUT2D eigenvalue weighted by Gasteiger charge is -2.37. The Balaban J connectivity index is 1.64. The molecule has 2 aliphatic rings. The zero-order valence-electron chi connectivity index (χ0n) is 21.9. The highest BCUT2D eigenvalue weighted by molar-refractivity contribution is 5.95. The number of amides is 3. The van der Waals surface area contributed by atoms with E-state index < -0.39 is 47.4 Å². The number of carbonyl (C=O) groups excluding carboxylic acids is 3. The maximum Gasteiger partial charge on any atom is 0.471 e. The second kappa shape index (κ2) is 8.96. The van der Waals surface area contributed by atoms with E-state index in [-0.39, 0.29) is 23.8 Å². The normalized spacial score (nSPS) is 23.8. The topological polar surface area (TPSA) is 133 Å². The van der Waals surface area contributed by atoms with Crippen molar-refractivity contribution in [2.75, 3.05) is 6.54 Å². The highest BCUT2D eigenvalue weighted by Gasteiger charge is 2.70. The van der Waals surface area contributed by atoms with E-state index in [9.17, 15) is 32.8 Å². The number of hydrogen-bond donors (Lipinski definition) is 2. The van der Waals surface area contributed by atoms with Gasteiger partial charge in [0, 0.05) is 25.4 Å². The molecule has 0 radical (unpaired) electrons. The van der Waals surface area contributed by atoms with Crippen molar-refractivity contribution < 1.29 is 27.6 Å². The number of aromatic nitrogens is 3. The molecule has 2 fully saturated rings. The number of fused-ring (bicyclic) bond motifs is 2. The van der Waals surface area contributed by atoms with Gasteiger partial charge >= 0.3 is 12.1 Å². The molecule has 5 atom stereocenters. The predicted molar refractivity (Wildman–Crippen MR) is 129 cm³/mol. The molecular formula is C25H30F3N7O3. The summed E-state index contributed by atoms with van der Waals surface area (Å²) in [6, 6.07) is -1.59. The predicted octanol–water partition coefficient (Wildman–Crippen LogP) is 2.23. The molecule has 13 heteroatoms. The van der Waals surface area contributed by atoms with Crippen molar-refractivity contribution >= 4 is 28.8 Å². The van der Waals surface area contributed by atoms with Crippen molar-refractivity contribution in [1.82, 2.24) is 30.1 Å². The van der Waals surface area contributed by atoms with Gasteiger partial charge in [-0.15, -0.1) is 0 Å². The number of nitrogens with one attached hydrogen (secondary N) is 2. The molecule has 0 aromatic carbocycles. The fourth-order valence-electron chi connectivity index (χ4n) is 5.60. The molecule has 38 heavy (non-hydrogen) atoms. The third-order valence-corrected chi connectivity index (χ3v) is 7.78. The summed E-state index contributed by atoms with van der Waals surface area (Å²) in [5.41, 5.74) is 0.215. The number of nitriles is 1. The Morgan fingerprint density at radius 3 is 2.42 bits per heavy atom. The number of nitrogens with zero attached hydrogens (tertiary/aromatic N) is 5. The van der Waals surface area contributed by atoms with E-state index in [1.807, 2.05) is 19.2 Å². The van der Waals surface area contributed by atoms with Gasteiger partial charge in [-0.1, -0.05) is 34.6 Å². The van der Waals surface area contributed by atoms with Gasteiger partial charge < -0.3 is 20.1 Å². The molecule has 3 heterocycles. The molecule has 0 bridgehead atoms. The minimum Gasteiger partial charge on any atom is -0.336 e. The molecule has 0 spiro atoms. The molecule has 1 aliphatic carbocycles. The molecule has 4 rings (SSSR count). The zero-order valence-corrected chi connectivity index (χ0v) is 21.9. The average Bonchev–Trinajstić information content (AvgIpc) is 3.16. The van der Waals surface area contributed by atoms with Gasteiger partial charge in [-0.2, -0.15) is 18.4 Å². The quantitative estimate of drug-likeness (QED) is 0.606. The van der Waals surface area contributed by atoms with Gasteiger partial charge in [-0.05, 0) is 22.7 Å². The Morgan fingerprint density at radius 2 is 1.84 bits per heavy atom. The molecule has 2 N–H and O–H groups in total. The molecule has 2 aromatic rings. The van der Waals surface area contributed by atoms with Gasteiger partial charge in [0.1, 0.15) is 23.6 Å². The lowest BCUT2D eigenvalue weighted by atomic mass is 9.85. The summed E-state index contributed by atoms with van der Waals surface area (Å²) in [7, 11) is 1.74. The second-order valence-electron chi connectivity index (χ2n) is 11.7. The largest absolute Gasteiger partial charge is 0.471 e. The maximum atomic E-state index is 13.7. The Labute approximate surface area is 217 Å². The van der Waals surface area contributed by atoms with Crippen molar-refractivity contribution in [3.63, 3.8) is 0 Å². The summed E-state index contributed by atoms with van der Waals surface area (Å²) in [4.78, 5) is 48.6.